The average Bonchev–Trinajstić information content (AvgIpc) is 2.27. The molecule has 4 heteroatoms. The van der Waals surface area contributed by atoms with Gasteiger partial charge in [-0.25, -0.2) is 4.79 Å². The molecule has 1 aliphatic rings. The molecule has 1 saturated carbocycles. The second kappa shape index (κ2) is 5.14. The standard InChI is InChI=1S/C11H19NO3/c1-8-4-6-9(7-5-8)12(2)10(13)11(14)15-3/h8-9H,4-7H2,1-3H3. The minimum absolute atomic E-state index is 0.202. The summed E-state index contributed by atoms with van der Waals surface area (Å²) in [4.78, 5) is 24.1. The van der Waals surface area contributed by atoms with E-state index in [0.29, 0.717) is 0 Å². The summed E-state index contributed by atoms with van der Waals surface area (Å²) in [6.07, 6.45) is 4.23. The van der Waals surface area contributed by atoms with Crippen molar-refractivity contribution in [3.05, 3.63) is 0 Å². The maximum Gasteiger partial charge on any atom is 0.396 e. The second-order valence-electron chi connectivity index (χ2n) is 4.32. The average molecular weight is 213 g/mol. The number of esters is 1. The van der Waals surface area contributed by atoms with Crippen molar-refractivity contribution in [2.75, 3.05) is 14.2 Å². The van der Waals surface area contributed by atoms with Gasteiger partial charge in [-0.15, -0.1) is 0 Å². The summed E-state index contributed by atoms with van der Waals surface area (Å²) in [6, 6.07) is 0.202. The van der Waals surface area contributed by atoms with Crippen molar-refractivity contribution >= 4 is 11.9 Å². The van der Waals surface area contributed by atoms with Crippen LogP contribution in [0.15, 0.2) is 0 Å². The minimum atomic E-state index is -0.767. The zero-order chi connectivity index (χ0) is 11.4. The molecule has 0 saturated heterocycles. The topological polar surface area (TPSA) is 46.6 Å². The first-order valence-corrected chi connectivity index (χ1v) is 5.41. The van der Waals surface area contributed by atoms with E-state index in [1.807, 2.05) is 0 Å². The lowest BCUT2D eigenvalue weighted by molar-refractivity contribution is -0.158. The monoisotopic (exact) mass is 213 g/mol. The van der Waals surface area contributed by atoms with Crippen LogP contribution >= 0.6 is 0 Å². The number of hydrogen-bond donors (Lipinski definition) is 0. The van der Waals surface area contributed by atoms with E-state index < -0.39 is 11.9 Å². The summed E-state index contributed by atoms with van der Waals surface area (Å²) in [5, 5.41) is 0. The van der Waals surface area contributed by atoms with Crippen molar-refractivity contribution in [1.82, 2.24) is 4.90 Å². The highest BCUT2D eigenvalue weighted by Crippen LogP contribution is 2.26. The number of rotatable bonds is 1. The Balaban J connectivity index is 2.49. The van der Waals surface area contributed by atoms with Crippen LogP contribution in [0.4, 0.5) is 0 Å². The molecule has 1 aliphatic carbocycles. The van der Waals surface area contributed by atoms with Crippen molar-refractivity contribution in [3.63, 3.8) is 0 Å². The van der Waals surface area contributed by atoms with E-state index in [1.165, 1.54) is 12.0 Å². The van der Waals surface area contributed by atoms with Gasteiger partial charge in [-0.05, 0) is 31.6 Å². The van der Waals surface area contributed by atoms with Gasteiger partial charge < -0.3 is 9.64 Å². The Morgan fingerprint density at radius 3 is 2.20 bits per heavy atom. The van der Waals surface area contributed by atoms with E-state index in [-0.39, 0.29) is 6.04 Å². The quantitative estimate of drug-likeness (QED) is 0.485. The van der Waals surface area contributed by atoms with Gasteiger partial charge >= 0.3 is 11.9 Å². The van der Waals surface area contributed by atoms with Gasteiger partial charge in [0.2, 0.25) is 0 Å². The molecule has 0 aromatic rings. The number of amides is 1. The zero-order valence-electron chi connectivity index (χ0n) is 9.66. The third kappa shape index (κ3) is 2.94. The Labute approximate surface area is 90.6 Å². The van der Waals surface area contributed by atoms with Crippen LogP contribution in [-0.4, -0.2) is 37.0 Å². The van der Waals surface area contributed by atoms with Crippen molar-refractivity contribution in [1.29, 1.82) is 0 Å². The van der Waals surface area contributed by atoms with Gasteiger partial charge in [0.1, 0.15) is 0 Å². The summed E-state index contributed by atoms with van der Waals surface area (Å²) in [7, 11) is 2.91. The van der Waals surface area contributed by atoms with Crippen LogP contribution in [0, 0.1) is 5.92 Å². The van der Waals surface area contributed by atoms with Gasteiger partial charge in [0.25, 0.3) is 0 Å². The summed E-state index contributed by atoms with van der Waals surface area (Å²) < 4.78 is 4.41. The number of methoxy groups -OCH3 is 1. The molecular weight excluding hydrogens is 194 g/mol. The lowest BCUT2D eigenvalue weighted by Crippen LogP contribution is -2.43. The summed E-state index contributed by atoms with van der Waals surface area (Å²) in [5.41, 5.74) is 0. The highest BCUT2D eigenvalue weighted by atomic mass is 16.5. The van der Waals surface area contributed by atoms with Crippen molar-refractivity contribution in [3.8, 4) is 0 Å². The van der Waals surface area contributed by atoms with Crippen molar-refractivity contribution < 1.29 is 14.3 Å². The maximum atomic E-state index is 11.5. The second-order valence-corrected chi connectivity index (χ2v) is 4.32. The fourth-order valence-corrected chi connectivity index (χ4v) is 2.03. The molecule has 0 aromatic heterocycles. The molecule has 0 bridgehead atoms. The molecule has 0 radical (unpaired) electrons. The van der Waals surface area contributed by atoms with E-state index >= 15 is 0 Å². The van der Waals surface area contributed by atoms with Gasteiger partial charge in [-0.2, -0.15) is 0 Å². The van der Waals surface area contributed by atoms with Gasteiger partial charge in [0.15, 0.2) is 0 Å². The Bertz CT molecular complexity index is 244. The van der Waals surface area contributed by atoms with Crippen molar-refractivity contribution in [2.45, 2.75) is 38.6 Å². The van der Waals surface area contributed by atoms with Crippen LogP contribution < -0.4 is 0 Å². The van der Waals surface area contributed by atoms with Crippen molar-refractivity contribution in [2.24, 2.45) is 5.92 Å². The number of hydrogen-bond acceptors (Lipinski definition) is 3. The molecule has 0 N–H and O–H groups in total. The molecule has 0 spiro atoms. The van der Waals surface area contributed by atoms with Crippen LogP contribution in [0.2, 0.25) is 0 Å². The van der Waals surface area contributed by atoms with Gasteiger partial charge in [-0.3, -0.25) is 4.79 Å². The van der Waals surface area contributed by atoms with E-state index in [0.717, 1.165) is 31.6 Å². The molecule has 0 atom stereocenters. The lowest BCUT2D eigenvalue weighted by Gasteiger charge is -2.32. The van der Waals surface area contributed by atoms with Crippen LogP contribution in [0.5, 0.6) is 0 Å². The normalized spacial score (nSPS) is 25.8. The first-order chi connectivity index (χ1) is 7.06. The van der Waals surface area contributed by atoms with Crippen LogP contribution in [0.1, 0.15) is 32.6 Å². The molecule has 1 rings (SSSR count). The molecule has 0 aromatic carbocycles. The third-order valence-electron chi connectivity index (χ3n) is 3.21. The van der Waals surface area contributed by atoms with Gasteiger partial charge in [0.05, 0.1) is 7.11 Å². The molecule has 0 heterocycles. The zero-order valence-corrected chi connectivity index (χ0v) is 9.66. The first-order valence-electron chi connectivity index (χ1n) is 5.41. The fourth-order valence-electron chi connectivity index (χ4n) is 2.03. The number of likely N-dealkylation sites (N-methyl/N-ethyl adjacent to an activating group) is 1. The largest absolute Gasteiger partial charge is 0.462 e. The van der Waals surface area contributed by atoms with E-state index in [9.17, 15) is 9.59 Å². The van der Waals surface area contributed by atoms with Gasteiger partial charge in [0, 0.05) is 13.1 Å². The predicted octanol–water partition coefficient (Wildman–Crippen LogP) is 1.20. The molecule has 0 unspecified atom stereocenters. The number of nitrogens with zero attached hydrogens (tertiary/aromatic N) is 1. The van der Waals surface area contributed by atoms with E-state index in [2.05, 4.69) is 11.7 Å². The minimum Gasteiger partial charge on any atom is -0.462 e. The highest BCUT2D eigenvalue weighted by molar-refractivity contribution is 6.32. The van der Waals surface area contributed by atoms with Crippen LogP contribution in [-0.2, 0) is 14.3 Å². The fraction of sp³-hybridized carbons (Fsp3) is 0.818. The molecule has 4 nitrogen and oxygen atoms in total. The van der Waals surface area contributed by atoms with E-state index in [1.54, 1.807) is 7.05 Å². The first kappa shape index (κ1) is 12.0. The smallest absolute Gasteiger partial charge is 0.396 e. The van der Waals surface area contributed by atoms with E-state index in [4.69, 9.17) is 0 Å². The number of ether oxygens (including phenoxy) is 1. The Morgan fingerprint density at radius 1 is 1.20 bits per heavy atom. The predicted molar refractivity (Wildman–Crippen MR) is 56.2 cm³/mol. The molecule has 0 aliphatic heterocycles. The number of carbonyl (C=O) groups excluding carboxylic acids is 2. The van der Waals surface area contributed by atoms with Crippen LogP contribution in [0.3, 0.4) is 0 Å². The Morgan fingerprint density at radius 2 is 1.73 bits per heavy atom. The van der Waals surface area contributed by atoms with Gasteiger partial charge in [-0.1, -0.05) is 6.92 Å². The Kier molecular flexibility index (Phi) is 4.12. The summed E-state index contributed by atoms with van der Waals surface area (Å²) >= 11 is 0. The third-order valence-corrected chi connectivity index (χ3v) is 3.21. The molecule has 15 heavy (non-hydrogen) atoms. The number of carbonyl (C=O) groups is 2. The lowest BCUT2D eigenvalue weighted by atomic mass is 9.87. The molecule has 1 amide bonds. The Hall–Kier alpha value is -1.06. The maximum absolute atomic E-state index is 11.5. The molecule has 86 valence electrons. The molecule has 1 fully saturated rings. The summed E-state index contributed by atoms with van der Waals surface area (Å²) in [5.74, 6) is -0.559. The molecular formula is C11H19NO3. The SMILES string of the molecule is COC(=O)C(=O)N(C)C1CCC(C)CC1. The van der Waals surface area contributed by atoms with Crippen LogP contribution in [0.25, 0.3) is 0 Å². The highest BCUT2D eigenvalue weighted by Gasteiger charge is 2.28. The summed E-state index contributed by atoms with van der Waals surface area (Å²) in [6.45, 7) is 2.22.